The highest BCUT2D eigenvalue weighted by Gasteiger charge is 2.21. The molecule has 0 aliphatic rings. The Morgan fingerprint density at radius 2 is 1.67 bits per heavy atom. The second-order valence-electron chi connectivity index (χ2n) is 4.43. The Morgan fingerprint density at radius 1 is 1.07 bits per heavy atom. The van der Waals surface area contributed by atoms with Gasteiger partial charge in [0.1, 0.15) is 0 Å². The van der Waals surface area contributed by atoms with Crippen molar-refractivity contribution in [3.05, 3.63) is 30.3 Å². The van der Waals surface area contributed by atoms with Gasteiger partial charge in [0.2, 0.25) is 0 Å². The van der Waals surface area contributed by atoms with Gasteiger partial charge in [0, 0.05) is 4.90 Å². The largest absolute Gasteiger partial charge is 0.126 e. The first kappa shape index (κ1) is 12.9. The summed E-state index contributed by atoms with van der Waals surface area (Å²) in [6.07, 6.45) is 0. The van der Waals surface area contributed by atoms with Crippen LogP contribution in [0, 0.1) is 0 Å². The lowest BCUT2D eigenvalue weighted by Gasteiger charge is -2.23. The van der Waals surface area contributed by atoms with E-state index in [2.05, 4.69) is 50.7 Å². The van der Waals surface area contributed by atoms with Crippen molar-refractivity contribution in [2.24, 2.45) is 0 Å². The van der Waals surface area contributed by atoms with E-state index < -0.39 is 8.07 Å². The van der Waals surface area contributed by atoms with E-state index in [-0.39, 0.29) is 0 Å². The molecule has 15 heavy (non-hydrogen) atoms. The normalized spacial score (nSPS) is 11.7. The number of hydrogen-bond acceptors (Lipinski definition) is 1. The van der Waals surface area contributed by atoms with Gasteiger partial charge in [-0.1, -0.05) is 50.7 Å². The van der Waals surface area contributed by atoms with Gasteiger partial charge in [0.15, 0.2) is 0 Å². The van der Waals surface area contributed by atoms with Gasteiger partial charge in [0.05, 0.1) is 8.07 Å². The predicted molar refractivity (Wildman–Crippen MR) is 74.6 cm³/mol. The Hall–Kier alpha value is -0.213. The standard InChI is InChI=1S/C13H22SSi/c1-4-15(3,5-2)12-11-14-13-9-7-6-8-10-13/h6-10H,4-5,11-12H2,1-3H3. The van der Waals surface area contributed by atoms with Crippen LogP contribution in [0.4, 0.5) is 0 Å². The van der Waals surface area contributed by atoms with Crippen molar-refractivity contribution in [3.63, 3.8) is 0 Å². The summed E-state index contributed by atoms with van der Waals surface area (Å²) in [5.41, 5.74) is 0. The minimum Gasteiger partial charge on any atom is -0.126 e. The van der Waals surface area contributed by atoms with Gasteiger partial charge in [-0.15, -0.1) is 11.8 Å². The molecule has 0 unspecified atom stereocenters. The van der Waals surface area contributed by atoms with Crippen LogP contribution in [0.25, 0.3) is 0 Å². The predicted octanol–water partition coefficient (Wildman–Crippen LogP) is 4.90. The third-order valence-corrected chi connectivity index (χ3v) is 9.67. The summed E-state index contributed by atoms with van der Waals surface area (Å²) in [5.74, 6) is 1.30. The van der Waals surface area contributed by atoms with Crippen LogP contribution < -0.4 is 0 Å². The van der Waals surface area contributed by atoms with E-state index >= 15 is 0 Å². The Labute approximate surface area is 99.5 Å². The summed E-state index contributed by atoms with van der Waals surface area (Å²) in [6, 6.07) is 15.1. The molecule has 0 radical (unpaired) electrons. The monoisotopic (exact) mass is 238 g/mol. The fraction of sp³-hybridized carbons (Fsp3) is 0.538. The molecule has 0 saturated carbocycles. The minimum atomic E-state index is -0.872. The molecule has 0 nitrogen and oxygen atoms in total. The van der Waals surface area contributed by atoms with Crippen LogP contribution in [0.2, 0.25) is 24.7 Å². The molecule has 0 aromatic heterocycles. The maximum absolute atomic E-state index is 2.54. The maximum Gasteiger partial charge on any atom is 0.0507 e. The molecule has 0 atom stereocenters. The Balaban J connectivity index is 2.33. The van der Waals surface area contributed by atoms with Crippen LogP contribution in [0.15, 0.2) is 35.2 Å². The van der Waals surface area contributed by atoms with E-state index in [4.69, 9.17) is 0 Å². The summed E-state index contributed by atoms with van der Waals surface area (Å²) in [7, 11) is -0.872. The lowest BCUT2D eigenvalue weighted by atomic mass is 10.4. The fourth-order valence-corrected chi connectivity index (χ4v) is 5.71. The van der Waals surface area contributed by atoms with Crippen LogP contribution >= 0.6 is 11.8 Å². The Bertz CT molecular complexity index is 267. The molecule has 2 heteroatoms. The summed E-state index contributed by atoms with van der Waals surface area (Å²) >= 11 is 2.01. The molecule has 1 rings (SSSR count). The summed E-state index contributed by atoms with van der Waals surface area (Å²) in [5, 5.41) is 0. The molecule has 0 N–H and O–H groups in total. The summed E-state index contributed by atoms with van der Waals surface area (Å²) in [4.78, 5) is 1.42. The number of thioether (sulfide) groups is 1. The lowest BCUT2D eigenvalue weighted by Crippen LogP contribution is -2.27. The highest BCUT2D eigenvalue weighted by molar-refractivity contribution is 7.99. The molecule has 0 amide bonds. The van der Waals surface area contributed by atoms with Crippen molar-refractivity contribution < 1.29 is 0 Å². The van der Waals surface area contributed by atoms with E-state index in [9.17, 15) is 0 Å². The highest BCUT2D eigenvalue weighted by Crippen LogP contribution is 2.25. The van der Waals surface area contributed by atoms with Gasteiger partial charge in [0.25, 0.3) is 0 Å². The van der Waals surface area contributed by atoms with Crippen LogP contribution in [-0.4, -0.2) is 13.8 Å². The minimum absolute atomic E-state index is 0.872. The molecule has 0 aliphatic heterocycles. The first-order chi connectivity index (χ1) is 7.20. The third kappa shape index (κ3) is 4.43. The highest BCUT2D eigenvalue weighted by atomic mass is 32.2. The molecular weight excluding hydrogens is 216 g/mol. The van der Waals surface area contributed by atoms with Gasteiger partial charge >= 0.3 is 0 Å². The number of hydrogen-bond donors (Lipinski definition) is 0. The van der Waals surface area contributed by atoms with Crippen molar-refractivity contribution in [3.8, 4) is 0 Å². The average Bonchev–Trinajstić information content (AvgIpc) is 2.30. The molecular formula is C13H22SSi. The van der Waals surface area contributed by atoms with E-state index in [1.54, 1.807) is 0 Å². The van der Waals surface area contributed by atoms with E-state index in [0.717, 1.165) is 0 Å². The SMILES string of the molecule is CC[Si](C)(CC)CCSc1ccccc1. The molecule has 0 bridgehead atoms. The maximum atomic E-state index is 2.54. The topological polar surface area (TPSA) is 0 Å². The molecule has 84 valence electrons. The van der Waals surface area contributed by atoms with Gasteiger partial charge in [-0.2, -0.15) is 0 Å². The molecule has 0 aliphatic carbocycles. The van der Waals surface area contributed by atoms with Gasteiger partial charge in [-0.05, 0) is 23.9 Å². The van der Waals surface area contributed by atoms with Crippen molar-refractivity contribution in [1.29, 1.82) is 0 Å². The molecule has 0 spiro atoms. The molecule has 1 aromatic carbocycles. The van der Waals surface area contributed by atoms with E-state index in [1.165, 1.54) is 28.8 Å². The number of rotatable bonds is 6. The zero-order valence-corrected chi connectivity index (χ0v) is 11.9. The van der Waals surface area contributed by atoms with Crippen LogP contribution in [0.1, 0.15) is 13.8 Å². The van der Waals surface area contributed by atoms with E-state index in [0.29, 0.717) is 0 Å². The lowest BCUT2D eigenvalue weighted by molar-refractivity contribution is 1.18. The molecule has 1 aromatic rings. The summed E-state index contributed by atoms with van der Waals surface area (Å²) < 4.78 is 0. The molecule has 0 fully saturated rings. The zero-order valence-electron chi connectivity index (χ0n) is 10.1. The first-order valence-electron chi connectivity index (χ1n) is 5.88. The molecule has 0 saturated heterocycles. The number of benzene rings is 1. The summed E-state index contributed by atoms with van der Waals surface area (Å²) in [6.45, 7) is 7.27. The fourth-order valence-electron chi connectivity index (χ4n) is 1.54. The average molecular weight is 238 g/mol. The Kier molecular flexibility index (Phi) is 5.47. The zero-order chi connectivity index (χ0) is 11.1. The van der Waals surface area contributed by atoms with Crippen LogP contribution in [0.3, 0.4) is 0 Å². The second kappa shape index (κ2) is 6.39. The van der Waals surface area contributed by atoms with E-state index in [1.807, 2.05) is 11.8 Å². The second-order valence-corrected chi connectivity index (χ2v) is 11.1. The van der Waals surface area contributed by atoms with Crippen molar-refractivity contribution in [2.45, 2.75) is 43.4 Å². The smallest absolute Gasteiger partial charge is 0.0507 e. The Morgan fingerprint density at radius 3 is 2.20 bits per heavy atom. The van der Waals surface area contributed by atoms with Crippen molar-refractivity contribution >= 4 is 19.8 Å². The van der Waals surface area contributed by atoms with Gasteiger partial charge in [-0.25, -0.2) is 0 Å². The first-order valence-corrected chi connectivity index (χ1v) is 9.99. The third-order valence-electron chi connectivity index (χ3n) is 3.42. The molecule has 0 heterocycles. The van der Waals surface area contributed by atoms with Gasteiger partial charge < -0.3 is 0 Å². The van der Waals surface area contributed by atoms with Crippen LogP contribution in [0.5, 0.6) is 0 Å². The van der Waals surface area contributed by atoms with Crippen molar-refractivity contribution in [1.82, 2.24) is 0 Å². The van der Waals surface area contributed by atoms with Gasteiger partial charge in [-0.3, -0.25) is 0 Å². The van der Waals surface area contributed by atoms with Crippen LogP contribution in [-0.2, 0) is 0 Å². The van der Waals surface area contributed by atoms with Crippen molar-refractivity contribution in [2.75, 3.05) is 5.75 Å². The quantitative estimate of drug-likeness (QED) is 0.502.